The van der Waals surface area contributed by atoms with E-state index in [9.17, 15) is 22.8 Å². The molecule has 0 fully saturated rings. The summed E-state index contributed by atoms with van der Waals surface area (Å²) in [7, 11) is 1.72. The van der Waals surface area contributed by atoms with Crippen molar-refractivity contribution in [3.05, 3.63) is 101 Å². The quantitative estimate of drug-likeness (QED) is 0.299. The van der Waals surface area contributed by atoms with Gasteiger partial charge < -0.3 is 4.90 Å². The van der Waals surface area contributed by atoms with Crippen LogP contribution in [0.1, 0.15) is 57.8 Å². The van der Waals surface area contributed by atoms with Gasteiger partial charge in [-0.2, -0.15) is 18.3 Å². The highest BCUT2D eigenvalue weighted by Crippen LogP contribution is 2.40. The molecule has 9 heteroatoms. The molecule has 0 bridgehead atoms. The van der Waals surface area contributed by atoms with Crippen LogP contribution in [0.15, 0.2) is 72.9 Å². The van der Waals surface area contributed by atoms with Gasteiger partial charge in [0.25, 0.3) is 5.91 Å². The van der Waals surface area contributed by atoms with E-state index in [2.05, 4.69) is 10.1 Å². The van der Waals surface area contributed by atoms with Crippen LogP contribution in [0, 0.1) is 5.41 Å². The van der Waals surface area contributed by atoms with Crippen molar-refractivity contribution in [3.63, 3.8) is 0 Å². The van der Waals surface area contributed by atoms with Gasteiger partial charge in [0.2, 0.25) is 0 Å². The van der Waals surface area contributed by atoms with Crippen LogP contribution in [0.4, 0.5) is 13.2 Å². The van der Waals surface area contributed by atoms with Crippen molar-refractivity contribution in [2.45, 2.75) is 39.4 Å². The molecule has 0 saturated carbocycles. The number of alkyl halides is 3. The number of amides is 1. The zero-order chi connectivity index (χ0) is 27.9. The summed E-state index contributed by atoms with van der Waals surface area (Å²) >= 11 is 0. The smallest absolute Gasteiger partial charge is 0.337 e. The van der Waals surface area contributed by atoms with Crippen molar-refractivity contribution in [1.29, 1.82) is 0 Å². The fourth-order valence-electron chi connectivity index (χ4n) is 4.94. The van der Waals surface area contributed by atoms with Crippen LogP contribution >= 0.6 is 0 Å². The molecule has 2 aromatic heterocycles. The first-order valence-electron chi connectivity index (χ1n) is 12.5. The lowest BCUT2D eigenvalue weighted by Crippen LogP contribution is -2.28. The maximum Gasteiger partial charge on any atom is 0.416 e. The van der Waals surface area contributed by atoms with Gasteiger partial charge in [0.1, 0.15) is 5.69 Å². The van der Waals surface area contributed by atoms with Crippen molar-refractivity contribution >= 4 is 11.7 Å². The summed E-state index contributed by atoms with van der Waals surface area (Å²) in [5, 5.41) is 4.66. The number of carbonyl (C=O) groups is 2. The van der Waals surface area contributed by atoms with Crippen molar-refractivity contribution in [3.8, 4) is 17.1 Å². The van der Waals surface area contributed by atoms with Gasteiger partial charge in [0.05, 0.1) is 22.4 Å². The molecule has 1 amide bonds. The SMILES string of the molecule is CN(Cc1ccccc1)C(=O)c1ccc(-n2nc(-c3ccc(C(F)(F)F)cc3)c3c2CC(C)(C)CC3=O)nc1. The van der Waals surface area contributed by atoms with Crippen LogP contribution < -0.4 is 0 Å². The molecular formula is C30H27F3N4O2. The first-order chi connectivity index (χ1) is 18.4. The minimum absolute atomic E-state index is 0.114. The number of rotatable bonds is 5. The second kappa shape index (κ2) is 9.80. The largest absolute Gasteiger partial charge is 0.416 e. The number of halogens is 3. The summed E-state index contributed by atoms with van der Waals surface area (Å²) in [4.78, 5) is 32.3. The monoisotopic (exact) mass is 532 g/mol. The van der Waals surface area contributed by atoms with Gasteiger partial charge >= 0.3 is 6.18 Å². The van der Waals surface area contributed by atoms with Crippen LogP contribution in [0.2, 0.25) is 0 Å². The maximum absolute atomic E-state index is 13.2. The third-order valence-electron chi connectivity index (χ3n) is 6.85. The van der Waals surface area contributed by atoms with Crippen molar-refractivity contribution in [1.82, 2.24) is 19.7 Å². The molecule has 2 aromatic carbocycles. The Morgan fingerprint density at radius 2 is 1.69 bits per heavy atom. The normalized spacial score (nSPS) is 14.7. The second-order valence-electron chi connectivity index (χ2n) is 10.7. The van der Waals surface area contributed by atoms with Crippen molar-refractivity contribution in [2.75, 3.05) is 7.05 Å². The lowest BCUT2D eigenvalue weighted by Gasteiger charge is -2.29. The van der Waals surface area contributed by atoms with Crippen molar-refractivity contribution < 1.29 is 22.8 Å². The fraction of sp³-hybridized carbons (Fsp3) is 0.267. The highest BCUT2D eigenvalue weighted by Gasteiger charge is 2.37. The number of ketones is 1. The summed E-state index contributed by atoms with van der Waals surface area (Å²) in [6.45, 7) is 4.42. The summed E-state index contributed by atoms with van der Waals surface area (Å²) in [5.74, 6) is 0.107. The van der Waals surface area contributed by atoms with Crippen LogP contribution in [-0.2, 0) is 19.1 Å². The van der Waals surface area contributed by atoms with Gasteiger partial charge in [-0.3, -0.25) is 9.59 Å². The van der Waals surface area contributed by atoms with E-state index >= 15 is 0 Å². The summed E-state index contributed by atoms with van der Waals surface area (Å²) in [5.41, 5.74) is 2.10. The number of aromatic nitrogens is 3. The highest BCUT2D eigenvalue weighted by atomic mass is 19.4. The Hall–Kier alpha value is -4.27. The van der Waals surface area contributed by atoms with Crippen LogP contribution in [0.5, 0.6) is 0 Å². The number of hydrogen-bond donors (Lipinski definition) is 0. The standard InChI is InChI=1S/C30H27F3N4O2/c1-29(2)15-23-26(24(38)16-29)27(20-9-12-22(13-10-20)30(31,32)33)35-37(23)25-14-11-21(17-34-25)28(39)36(3)18-19-7-5-4-6-8-19/h4-14,17H,15-16,18H2,1-3H3. The number of Topliss-reactive ketones (excluding diaryl/α,β-unsaturated/α-hetero) is 1. The number of hydrogen-bond acceptors (Lipinski definition) is 4. The van der Waals surface area contributed by atoms with Gasteiger partial charge in [-0.1, -0.05) is 56.3 Å². The summed E-state index contributed by atoms with van der Waals surface area (Å²) in [6.07, 6.45) is -2.16. The van der Waals surface area contributed by atoms with E-state index in [1.54, 1.807) is 28.8 Å². The first kappa shape index (κ1) is 26.3. The van der Waals surface area contributed by atoms with Crippen LogP contribution in [0.25, 0.3) is 17.1 Å². The molecule has 200 valence electrons. The average Bonchev–Trinajstić information content (AvgIpc) is 3.27. The molecule has 0 radical (unpaired) electrons. The van der Waals surface area contributed by atoms with Gasteiger partial charge in [-0.15, -0.1) is 0 Å². The lowest BCUT2D eigenvalue weighted by atomic mass is 9.75. The highest BCUT2D eigenvalue weighted by molar-refractivity contribution is 6.04. The third-order valence-corrected chi connectivity index (χ3v) is 6.85. The number of nitrogens with zero attached hydrogens (tertiary/aromatic N) is 4. The average molecular weight is 533 g/mol. The molecule has 0 unspecified atom stereocenters. The third kappa shape index (κ3) is 5.34. The van der Waals surface area contributed by atoms with E-state index < -0.39 is 11.7 Å². The van der Waals surface area contributed by atoms with Gasteiger partial charge in [-0.25, -0.2) is 9.67 Å². The number of carbonyl (C=O) groups excluding carboxylic acids is 2. The fourth-order valence-corrected chi connectivity index (χ4v) is 4.94. The molecule has 39 heavy (non-hydrogen) atoms. The molecule has 1 aliphatic carbocycles. The zero-order valence-electron chi connectivity index (χ0n) is 21.8. The van der Waals surface area contributed by atoms with E-state index in [-0.39, 0.29) is 17.1 Å². The number of pyridine rings is 1. The molecule has 2 heterocycles. The van der Waals surface area contributed by atoms with Crippen molar-refractivity contribution in [2.24, 2.45) is 5.41 Å². The van der Waals surface area contributed by atoms with E-state index in [0.717, 1.165) is 17.7 Å². The Kier molecular flexibility index (Phi) is 6.62. The first-order valence-corrected chi connectivity index (χ1v) is 12.5. The van der Waals surface area contributed by atoms with Gasteiger partial charge in [0.15, 0.2) is 11.6 Å². The predicted octanol–water partition coefficient (Wildman–Crippen LogP) is 6.38. The molecule has 0 spiro atoms. The van der Waals surface area contributed by atoms with Crippen LogP contribution in [0.3, 0.4) is 0 Å². The van der Waals surface area contributed by atoms with E-state index in [1.165, 1.54) is 18.3 Å². The molecular weight excluding hydrogens is 505 g/mol. The zero-order valence-corrected chi connectivity index (χ0v) is 21.8. The number of benzene rings is 2. The topological polar surface area (TPSA) is 68.1 Å². The molecule has 4 aromatic rings. The summed E-state index contributed by atoms with van der Waals surface area (Å²) in [6, 6.07) is 17.6. The molecule has 5 rings (SSSR count). The summed E-state index contributed by atoms with van der Waals surface area (Å²) < 4.78 is 40.9. The molecule has 0 N–H and O–H groups in total. The second-order valence-corrected chi connectivity index (χ2v) is 10.7. The maximum atomic E-state index is 13.2. The lowest BCUT2D eigenvalue weighted by molar-refractivity contribution is -0.137. The van der Waals surface area contributed by atoms with E-state index in [4.69, 9.17) is 0 Å². The van der Waals surface area contributed by atoms with Gasteiger partial charge in [-0.05, 0) is 41.7 Å². The molecule has 0 aliphatic heterocycles. The Morgan fingerprint density at radius 3 is 2.31 bits per heavy atom. The van der Waals surface area contributed by atoms with Crippen LogP contribution in [-0.4, -0.2) is 38.4 Å². The minimum atomic E-state index is -4.46. The Labute approximate surface area is 224 Å². The van der Waals surface area contributed by atoms with E-state index in [1.807, 2.05) is 44.2 Å². The van der Waals surface area contributed by atoms with Gasteiger partial charge in [0, 0.05) is 31.8 Å². The molecule has 6 nitrogen and oxygen atoms in total. The predicted molar refractivity (Wildman–Crippen MR) is 140 cm³/mol. The molecule has 1 aliphatic rings. The minimum Gasteiger partial charge on any atom is -0.337 e. The number of fused-ring (bicyclic) bond motifs is 1. The Morgan fingerprint density at radius 1 is 1.00 bits per heavy atom. The molecule has 0 saturated heterocycles. The molecule has 0 atom stereocenters. The Balaban J connectivity index is 1.49. The Bertz CT molecular complexity index is 1520. The van der Waals surface area contributed by atoms with E-state index in [0.29, 0.717) is 53.3 Å².